The van der Waals surface area contributed by atoms with Crippen LogP contribution in [0, 0.1) is 0 Å². The lowest BCUT2D eigenvalue weighted by Gasteiger charge is -2.22. The molecule has 0 bridgehead atoms. The third kappa shape index (κ3) is 5.04. The molecule has 1 heterocycles. The minimum atomic E-state index is -0.168. The first-order valence-electron chi connectivity index (χ1n) is 7.29. The Hall–Kier alpha value is -0.460. The van der Waals surface area contributed by atoms with Crippen molar-refractivity contribution >= 4 is 15.9 Å². The average molecular weight is 357 g/mol. The number of benzene rings is 1. The van der Waals surface area contributed by atoms with Crippen LogP contribution in [0.15, 0.2) is 28.7 Å². The molecule has 1 aliphatic heterocycles. The van der Waals surface area contributed by atoms with E-state index in [1.807, 2.05) is 12.1 Å². The summed E-state index contributed by atoms with van der Waals surface area (Å²) in [5.41, 5.74) is 1.22. The van der Waals surface area contributed by atoms with Crippen LogP contribution in [0.5, 0.6) is 0 Å². The van der Waals surface area contributed by atoms with Gasteiger partial charge in [-0.15, -0.1) is 0 Å². The molecule has 2 atom stereocenters. The van der Waals surface area contributed by atoms with E-state index in [9.17, 15) is 0 Å². The van der Waals surface area contributed by atoms with Gasteiger partial charge in [0.1, 0.15) is 12.2 Å². The largest absolute Gasteiger partial charge is 0.345 e. The van der Waals surface area contributed by atoms with Gasteiger partial charge >= 0.3 is 0 Å². The van der Waals surface area contributed by atoms with E-state index in [-0.39, 0.29) is 18.5 Å². The monoisotopic (exact) mass is 356 g/mol. The number of rotatable bonds is 6. The van der Waals surface area contributed by atoms with Crippen molar-refractivity contribution in [2.24, 2.45) is 0 Å². The molecule has 0 radical (unpaired) electrons. The van der Waals surface area contributed by atoms with Gasteiger partial charge in [0.05, 0.1) is 0 Å². The van der Waals surface area contributed by atoms with Gasteiger partial charge in [0, 0.05) is 24.0 Å². The Morgan fingerprint density at radius 2 is 1.48 bits per heavy atom. The second-order valence-corrected chi connectivity index (χ2v) is 6.95. The van der Waals surface area contributed by atoms with Crippen LogP contribution in [0.2, 0.25) is 0 Å². The summed E-state index contributed by atoms with van der Waals surface area (Å²) in [6.45, 7) is 1.76. The van der Waals surface area contributed by atoms with E-state index < -0.39 is 0 Å². The van der Waals surface area contributed by atoms with Gasteiger partial charge in [0.15, 0.2) is 6.29 Å². The first-order valence-corrected chi connectivity index (χ1v) is 8.09. The Kier molecular flexibility index (Phi) is 6.20. The van der Waals surface area contributed by atoms with Crippen molar-refractivity contribution in [1.29, 1.82) is 0 Å². The Labute approximate surface area is 136 Å². The second kappa shape index (κ2) is 7.70. The minimum absolute atomic E-state index is 0.120. The van der Waals surface area contributed by atoms with Crippen molar-refractivity contribution in [3.63, 3.8) is 0 Å². The molecule has 1 aromatic rings. The standard InChI is InChI=1S/C16H25BrN2O2/c1-18(2)10-14-15(11-19(3)4)21-16(20-14)9-12-7-5-6-8-13(12)17/h5-8,14-16H,9-11H2,1-4H3/t14-,15-/m0/s1. The van der Waals surface area contributed by atoms with Gasteiger partial charge in [-0.3, -0.25) is 0 Å². The lowest BCUT2D eigenvalue weighted by atomic mass is 10.1. The number of hydrogen-bond acceptors (Lipinski definition) is 4. The van der Waals surface area contributed by atoms with Crippen LogP contribution in [0.3, 0.4) is 0 Å². The van der Waals surface area contributed by atoms with Crippen molar-refractivity contribution in [2.75, 3.05) is 41.3 Å². The number of hydrogen-bond donors (Lipinski definition) is 0. The van der Waals surface area contributed by atoms with Gasteiger partial charge in [0.2, 0.25) is 0 Å². The number of ether oxygens (including phenoxy) is 2. The van der Waals surface area contributed by atoms with Crippen LogP contribution in [0.1, 0.15) is 5.56 Å². The topological polar surface area (TPSA) is 24.9 Å². The number of likely N-dealkylation sites (N-methyl/N-ethyl adjacent to an activating group) is 2. The van der Waals surface area contributed by atoms with E-state index in [2.05, 4.69) is 66.1 Å². The highest BCUT2D eigenvalue weighted by Crippen LogP contribution is 2.26. The van der Waals surface area contributed by atoms with Crippen LogP contribution in [0.4, 0.5) is 0 Å². The summed E-state index contributed by atoms with van der Waals surface area (Å²) in [6, 6.07) is 8.23. The molecule has 5 heteroatoms. The van der Waals surface area contributed by atoms with Gasteiger partial charge in [-0.1, -0.05) is 34.1 Å². The normalized spacial score (nSPS) is 23.4. The molecule has 1 fully saturated rings. The van der Waals surface area contributed by atoms with E-state index in [1.54, 1.807) is 0 Å². The van der Waals surface area contributed by atoms with Gasteiger partial charge in [0.25, 0.3) is 0 Å². The van der Waals surface area contributed by atoms with Gasteiger partial charge in [-0.25, -0.2) is 0 Å². The van der Waals surface area contributed by atoms with E-state index >= 15 is 0 Å². The van der Waals surface area contributed by atoms with E-state index in [0.717, 1.165) is 24.0 Å². The quantitative estimate of drug-likeness (QED) is 0.780. The summed E-state index contributed by atoms with van der Waals surface area (Å²) in [5, 5.41) is 0. The van der Waals surface area contributed by atoms with Crippen molar-refractivity contribution in [3.8, 4) is 0 Å². The van der Waals surface area contributed by atoms with Crippen molar-refractivity contribution in [2.45, 2.75) is 24.9 Å². The molecule has 1 saturated heterocycles. The van der Waals surface area contributed by atoms with Gasteiger partial charge in [-0.2, -0.15) is 0 Å². The summed E-state index contributed by atoms with van der Waals surface area (Å²) >= 11 is 3.59. The maximum Gasteiger partial charge on any atom is 0.162 e. The second-order valence-electron chi connectivity index (χ2n) is 6.10. The average Bonchev–Trinajstić information content (AvgIpc) is 2.72. The van der Waals surface area contributed by atoms with Crippen LogP contribution >= 0.6 is 15.9 Å². The molecule has 21 heavy (non-hydrogen) atoms. The zero-order valence-electron chi connectivity index (χ0n) is 13.3. The molecule has 2 rings (SSSR count). The summed E-state index contributed by atoms with van der Waals surface area (Å²) < 4.78 is 13.4. The molecular weight excluding hydrogens is 332 g/mol. The molecule has 118 valence electrons. The molecule has 0 aromatic heterocycles. The molecule has 0 unspecified atom stereocenters. The van der Waals surface area contributed by atoms with Crippen LogP contribution in [-0.4, -0.2) is 69.6 Å². The minimum Gasteiger partial charge on any atom is -0.345 e. The van der Waals surface area contributed by atoms with Crippen LogP contribution in [0.25, 0.3) is 0 Å². The Bertz CT molecular complexity index is 436. The van der Waals surface area contributed by atoms with Crippen molar-refractivity contribution in [1.82, 2.24) is 9.80 Å². The molecule has 0 saturated carbocycles. The van der Waals surface area contributed by atoms with Crippen molar-refractivity contribution in [3.05, 3.63) is 34.3 Å². The smallest absolute Gasteiger partial charge is 0.162 e. The fourth-order valence-electron chi connectivity index (χ4n) is 2.58. The highest BCUT2D eigenvalue weighted by atomic mass is 79.9. The van der Waals surface area contributed by atoms with Gasteiger partial charge in [-0.05, 0) is 39.8 Å². The summed E-state index contributed by atoms with van der Waals surface area (Å²) in [5.74, 6) is 0. The maximum atomic E-state index is 6.13. The van der Waals surface area contributed by atoms with E-state index in [1.165, 1.54) is 5.56 Å². The summed E-state index contributed by atoms with van der Waals surface area (Å²) in [4.78, 5) is 4.30. The predicted octanol–water partition coefficient (Wildman–Crippen LogP) is 2.22. The fourth-order valence-corrected chi connectivity index (χ4v) is 3.02. The molecule has 0 aliphatic carbocycles. The molecular formula is C16H25BrN2O2. The molecule has 0 N–H and O–H groups in total. The van der Waals surface area contributed by atoms with E-state index in [4.69, 9.17) is 9.47 Å². The molecule has 0 spiro atoms. The Balaban J connectivity index is 2.00. The molecule has 0 amide bonds. The zero-order valence-corrected chi connectivity index (χ0v) is 14.8. The van der Waals surface area contributed by atoms with Crippen LogP contribution in [-0.2, 0) is 15.9 Å². The van der Waals surface area contributed by atoms with E-state index in [0.29, 0.717) is 0 Å². The lowest BCUT2D eigenvalue weighted by Crippen LogP contribution is -2.39. The van der Waals surface area contributed by atoms with Gasteiger partial charge < -0.3 is 19.3 Å². The fraction of sp³-hybridized carbons (Fsp3) is 0.625. The third-order valence-electron chi connectivity index (χ3n) is 3.50. The Morgan fingerprint density at radius 1 is 0.952 bits per heavy atom. The SMILES string of the molecule is CN(C)C[C@@H]1OC(Cc2ccccc2Br)O[C@H]1CN(C)C. The maximum absolute atomic E-state index is 6.13. The predicted molar refractivity (Wildman–Crippen MR) is 88.5 cm³/mol. The Morgan fingerprint density at radius 3 is 1.95 bits per heavy atom. The van der Waals surface area contributed by atoms with Crippen molar-refractivity contribution < 1.29 is 9.47 Å². The lowest BCUT2D eigenvalue weighted by molar-refractivity contribution is -0.0674. The third-order valence-corrected chi connectivity index (χ3v) is 4.28. The first kappa shape index (κ1) is 16.9. The zero-order chi connectivity index (χ0) is 15.4. The van der Waals surface area contributed by atoms with Crippen LogP contribution < -0.4 is 0 Å². The number of halogens is 1. The summed E-state index contributed by atoms with van der Waals surface area (Å²) in [7, 11) is 8.27. The highest BCUT2D eigenvalue weighted by Gasteiger charge is 2.36. The highest BCUT2D eigenvalue weighted by molar-refractivity contribution is 9.10. The molecule has 1 aliphatic rings. The molecule has 4 nitrogen and oxygen atoms in total. The molecule has 1 aromatic carbocycles. The number of nitrogens with zero attached hydrogens (tertiary/aromatic N) is 2. The first-order chi connectivity index (χ1) is 9.95. The summed E-state index contributed by atoms with van der Waals surface area (Å²) in [6.07, 6.45) is 0.846.